The largest absolute Gasteiger partial charge is 0.307 e. The Bertz CT molecular complexity index is 371. The summed E-state index contributed by atoms with van der Waals surface area (Å²) >= 11 is 13.6. The first-order valence-corrected chi connectivity index (χ1v) is 6.58. The molecule has 0 aromatic carbocycles. The van der Waals surface area contributed by atoms with Crippen molar-refractivity contribution in [3.63, 3.8) is 0 Å². The van der Waals surface area contributed by atoms with Gasteiger partial charge in [0.15, 0.2) is 5.82 Å². The van der Waals surface area contributed by atoms with Gasteiger partial charge in [0.1, 0.15) is 5.03 Å². The summed E-state index contributed by atoms with van der Waals surface area (Å²) in [4.78, 5) is 4.28. The van der Waals surface area contributed by atoms with E-state index in [0.29, 0.717) is 27.0 Å². The molecule has 1 rings (SSSR count). The molecule has 90 valence electrons. The summed E-state index contributed by atoms with van der Waals surface area (Å²) in [5, 5.41) is 2.16. The lowest BCUT2D eigenvalue weighted by Gasteiger charge is -2.16. The molecule has 0 amide bonds. The average Bonchev–Trinajstić information content (AvgIpc) is 2.21. The van der Waals surface area contributed by atoms with Crippen molar-refractivity contribution in [1.29, 1.82) is 0 Å². The third kappa shape index (κ3) is 3.42. The first kappa shape index (κ1) is 13.9. The minimum absolute atomic E-state index is 0.425. The Morgan fingerprint density at radius 1 is 1.31 bits per heavy atom. The number of hydrazine groups is 1. The van der Waals surface area contributed by atoms with Crippen molar-refractivity contribution in [2.45, 2.75) is 31.0 Å². The predicted molar refractivity (Wildman–Crippen MR) is 72.2 cm³/mol. The van der Waals surface area contributed by atoms with Crippen molar-refractivity contribution in [2.75, 3.05) is 5.43 Å². The minimum Gasteiger partial charge on any atom is -0.307 e. The van der Waals surface area contributed by atoms with Gasteiger partial charge in [0.2, 0.25) is 0 Å². The normalized spacial score (nSPS) is 12.9. The first-order valence-electron chi connectivity index (χ1n) is 4.95. The minimum atomic E-state index is 0.425. The van der Waals surface area contributed by atoms with Crippen molar-refractivity contribution in [2.24, 2.45) is 11.8 Å². The van der Waals surface area contributed by atoms with Gasteiger partial charge in [0.05, 0.1) is 10.0 Å². The second-order valence-electron chi connectivity index (χ2n) is 3.82. The van der Waals surface area contributed by atoms with Crippen LogP contribution in [0.25, 0.3) is 0 Å². The lowest BCUT2D eigenvalue weighted by molar-refractivity contribution is 0.641. The molecule has 1 atom stereocenters. The van der Waals surface area contributed by atoms with Crippen LogP contribution >= 0.6 is 35.0 Å². The van der Waals surface area contributed by atoms with Gasteiger partial charge in [-0.25, -0.2) is 10.8 Å². The first-order chi connectivity index (χ1) is 7.45. The number of nitrogen functional groups attached to an aromatic ring is 1. The smallest absolute Gasteiger partial charge is 0.160 e. The zero-order valence-corrected chi connectivity index (χ0v) is 11.7. The molecule has 0 radical (unpaired) electrons. The van der Waals surface area contributed by atoms with E-state index in [0.717, 1.165) is 5.03 Å². The van der Waals surface area contributed by atoms with Crippen molar-refractivity contribution in [1.82, 2.24) is 4.98 Å². The Hall–Kier alpha value is -0.160. The van der Waals surface area contributed by atoms with Crippen LogP contribution in [0.1, 0.15) is 20.8 Å². The zero-order chi connectivity index (χ0) is 12.3. The van der Waals surface area contributed by atoms with E-state index in [9.17, 15) is 0 Å². The van der Waals surface area contributed by atoms with Gasteiger partial charge >= 0.3 is 0 Å². The monoisotopic (exact) mass is 279 g/mol. The second-order valence-corrected chi connectivity index (χ2v) is 6.00. The van der Waals surface area contributed by atoms with Gasteiger partial charge < -0.3 is 5.43 Å². The maximum atomic E-state index is 6.07. The molecular weight excluding hydrogens is 265 g/mol. The molecule has 1 unspecified atom stereocenters. The Morgan fingerprint density at radius 2 is 1.94 bits per heavy atom. The number of aromatic nitrogens is 1. The van der Waals surface area contributed by atoms with Crippen LogP contribution < -0.4 is 11.3 Å². The number of halogens is 2. The number of hydrogen-bond donors (Lipinski definition) is 2. The molecule has 6 heteroatoms. The van der Waals surface area contributed by atoms with Gasteiger partial charge in [0.25, 0.3) is 0 Å². The third-order valence-corrected chi connectivity index (χ3v) is 4.41. The van der Waals surface area contributed by atoms with E-state index in [-0.39, 0.29) is 0 Å². The fourth-order valence-corrected chi connectivity index (χ4v) is 2.43. The maximum absolute atomic E-state index is 6.07. The van der Waals surface area contributed by atoms with Crippen molar-refractivity contribution in [3.8, 4) is 0 Å². The van der Waals surface area contributed by atoms with Crippen molar-refractivity contribution < 1.29 is 0 Å². The summed E-state index contributed by atoms with van der Waals surface area (Å²) in [6.45, 7) is 6.45. The molecule has 0 aliphatic heterocycles. The molecule has 1 aromatic rings. The average molecular weight is 280 g/mol. The highest BCUT2D eigenvalue weighted by molar-refractivity contribution is 8.00. The van der Waals surface area contributed by atoms with Gasteiger partial charge in [-0.15, -0.1) is 11.8 Å². The van der Waals surface area contributed by atoms with Gasteiger partial charge in [-0.05, 0) is 12.0 Å². The molecule has 1 aromatic heterocycles. The molecule has 3 nitrogen and oxygen atoms in total. The van der Waals surface area contributed by atoms with Gasteiger partial charge in [0, 0.05) is 5.25 Å². The van der Waals surface area contributed by atoms with Crippen LogP contribution in [-0.4, -0.2) is 10.2 Å². The Morgan fingerprint density at radius 3 is 2.44 bits per heavy atom. The molecule has 0 bridgehead atoms. The topological polar surface area (TPSA) is 50.9 Å². The molecule has 0 spiro atoms. The van der Waals surface area contributed by atoms with E-state index < -0.39 is 0 Å². The van der Waals surface area contributed by atoms with E-state index in [1.54, 1.807) is 17.8 Å². The SMILES string of the molecule is CC(C)C(C)Sc1nc(NN)c(Cl)cc1Cl. The molecule has 0 fully saturated rings. The number of nitrogens with zero attached hydrogens (tertiary/aromatic N) is 1. The van der Waals surface area contributed by atoms with Crippen LogP contribution in [0.4, 0.5) is 5.82 Å². The summed E-state index contributed by atoms with van der Waals surface area (Å²) in [6.07, 6.45) is 0. The number of pyridine rings is 1. The Kier molecular flexibility index (Phi) is 5.18. The van der Waals surface area contributed by atoms with Gasteiger partial charge in [-0.1, -0.05) is 44.0 Å². The molecule has 0 saturated carbocycles. The van der Waals surface area contributed by atoms with E-state index in [1.807, 2.05) is 0 Å². The maximum Gasteiger partial charge on any atom is 0.160 e. The molecule has 1 heterocycles. The lowest BCUT2D eigenvalue weighted by atomic mass is 10.2. The number of hydrogen-bond acceptors (Lipinski definition) is 4. The zero-order valence-electron chi connectivity index (χ0n) is 9.42. The summed E-state index contributed by atoms with van der Waals surface area (Å²) in [6, 6.07) is 1.65. The van der Waals surface area contributed by atoms with Crippen LogP contribution in [0.2, 0.25) is 10.0 Å². The Balaban J connectivity index is 2.96. The van der Waals surface area contributed by atoms with Crippen LogP contribution in [-0.2, 0) is 0 Å². The van der Waals surface area contributed by atoms with E-state index >= 15 is 0 Å². The molecule has 0 aliphatic carbocycles. The van der Waals surface area contributed by atoms with Crippen molar-refractivity contribution >= 4 is 40.8 Å². The lowest BCUT2D eigenvalue weighted by Crippen LogP contribution is -2.11. The molecule has 0 saturated heterocycles. The van der Waals surface area contributed by atoms with Crippen LogP contribution in [0.3, 0.4) is 0 Å². The van der Waals surface area contributed by atoms with Crippen LogP contribution in [0.15, 0.2) is 11.1 Å². The molecule has 0 aliphatic rings. The number of rotatable bonds is 4. The summed E-state index contributed by atoms with van der Waals surface area (Å²) in [5.74, 6) is 6.31. The van der Waals surface area contributed by atoms with Gasteiger partial charge in [-0.2, -0.15) is 0 Å². The number of nitrogens with two attached hydrogens (primary N) is 1. The number of thioether (sulfide) groups is 1. The highest BCUT2D eigenvalue weighted by Crippen LogP contribution is 2.35. The van der Waals surface area contributed by atoms with E-state index in [4.69, 9.17) is 29.0 Å². The highest BCUT2D eigenvalue weighted by atomic mass is 35.5. The van der Waals surface area contributed by atoms with Crippen molar-refractivity contribution in [3.05, 3.63) is 16.1 Å². The number of anilines is 1. The van der Waals surface area contributed by atoms with E-state index in [2.05, 4.69) is 31.2 Å². The standard InChI is InChI=1S/C10H15Cl2N3S/c1-5(2)6(3)16-10-8(12)4-7(11)9(14-10)15-13/h4-6H,13H2,1-3H3,(H,14,15). The third-order valence-electron chi connectivity index (χ3n) is 2.27. The molecule has 16 heavy (non-hydrogen) atoms. The fourth-order valence-electron chi connectivity index (χ4n) is 0.946. The number of nitrogens with one attached hydrogen (secondary N) is 1. The van der Waals surface area contributed by atoms with Crippen LogP contribution in [0.5, 0.6) is 0 Å². The van der Waals surface area contributed by atoms with Gasteiger partial charge in [-0.3, -0.25) is 0 Å². The highest BCUT2D eigenvalue weighted by Gasteiger charge is 2.14. The quantitative estimate of drug-likeness (QED) is 0.500. The molecule has 3 N–H and O–H groups in total. The van der Waals surface area contributed by atoms with Crippen LogP contribution in [0, 0.1) is 5.92 Å². The van der Waals surface area contributed by atoms with E-state index in [1.165, 1.54) is 0 Å². The summed E-state index contributed by atoms with van der Waals surface area (Å²) in [5.41, 5.74) is 2.45. The summed E-state index contributed by atoms with van der Waals surface area (Å²) < 4.78 is 0. The summed E-state index contributed by atoms with van der Waals surface area (Å²) in [7, 11) is 0. The fraction of sp³-hybridized carbons (Fsp3) is 0.500. The Labute approximate surface area is 110 Å². The molecular formula is C10H15Cl2N3S. The predicted octanol–water partition coefficient (Wildman–Crippen LogP) is 3.81. The second kappa shape index (κ2) is 5.96.